The van der Waals surface area contributed by atoms with Crippen molar-refractivity contribution in [3.63, 3.8) is 0 Å². The van der Waals surface area contributed by atoms with E-state index in [2.05, 4.69) is 22.1 Å². The lowest BCUT2D eigenvalue weighted by Crippen LogP contribution is -2.25. The lowest BCUT2D eigenvalue weighted by Gasteiger charge is -2.07. The predicted octanol–water partition coefficient (Wildman–Crippen LogP) is 3.01. The molecular weight excluding hydrogens is 320 g/mol. The molecule has 1 aromatic heterocycles. The number of nitrogens with zero attached hydrogens (tertiary/aromatic N) is 3. The molecule has 0 spiro atoms. The van der Waals surface area contributed by atoms with E-state index in [0.29, 0.717) is 17.3 Å². The van der Waals surface area contributed by atoms with Crippen molar-refractivity contribution in [1.29, 1.82) is 0 Å². The van der Waals surface area contributed by atoms with Gasteiger partial charge in [-0.25, -0.2) is 0 Å². The van der Waals surface area contributed by atoms with Gasteiger partial charge in [0, 0.05) is 23.7 Å². The van der Waals surface area contributed by atoms with Crippen molar-refractivity contribution in [2.75, 3.05) is 12.3 Å². The minimum Gasteiger partial charge on any atom is -0.352 e. The van der Waals surface area contributed by atoms with E-state index in [9.17, 15) is 4.79 Å². The normalized spacial score (nSPS) is 10.5. The highest BCUT2D eigenvalue weighted by molar-refractivity contribution is 7.99. The summed E-state index contributed by atoms with van der Waals surface area (Å²) in [5, 5.41) is 12.5. The molecule has 0 bridgehead atoms. The Hall–Kier alpha value is -1.79. The van der Waals surface area contributed by atoms with Crippen LogP contribution in [-0.4, -0.2) is 33.0 Å². The molecule has 0 saturated heterocycles. The fraction of sp³-hybridized carbons (Fsp3) is 0.267. The minimum atomic E-state index is -0.0522. The maximum atomic E-state index is 11.6. The number of rotatable bonds is 7. The first-order valence-corrected chi connectivity index (χ1v) is 8.21. The molecule has 2 aromatic rings. The molecule has 5 nitrogen and oxygen atoms in total. The van der Waals surface area contributed by atoms with Crippen LogP contribution in [0.15, 0.2) is 42.1 Å². The lowest BCUT2D eigenvalue weighted by atomic mass is 10.2. The third-order valence-corrected chi connectivity index (χ3v) is 4.13. The maximum absolute atomic E-state index is 11.6. The van der Waals surface area contributed by atoms with Crippen LogP contribution in [0.3, 0.4) is 0 Å². The van der Waals surface area contributed by atoms with Gasteiger partial charge in [-0.2, -0.15) is 0 Å². The topological polar surface area (TPSA) is 59.8 Å². The second-order valence-electron chi connectivity index (χ2n) is 4.44. The Kier molecular flexibility index (Phi) is 6.03. The van der Waals surface area contributed by atoms with Crippen LogP contribution < -0.4 is 5.32 Å². The third kappa shape index (κ3) is 4.11. The molecule has 0 fully saturated rings. The zero-order chi connectivity index (χ0) is 15.9. The van der Waals surface area contributed by atoms with E-state index in [1.807, 2.05) is 35.8 Å². The van der Waals surface area contributed by atoms with Gasteiger partial charge in [0.1, 0.15) is 0 Å². The van der Waals surface area contributed by atoms with Crippen LogP contribution in [0.1, 0.15) is 6.92 Å². The molecule has 2 rings (SSSR count). The molecule has 1 N–H and O–H groups in total. The van der Waals surface area contributed by atoms with Gasteiger partial charge in [0.25, 0.3) is 0 Å². The van der Waals surface area contributed by atoms with Gasteiger partial charge in [-0.3, -0.25) is 4.79 Å². The van der Waals surface area contributed by atoms with E-state index in [0.717, 1.165) is 23.1 Å². The molecule has 1 amide bonds. The number of aromatic nitrogens is 3. The largest absolute Gasteiger partial charge is 0.352 e. The number of amides is 1. The van der Waals surface area contributed by atoms with E-state index in [-0.39, 0.29) is 5.91 Å². The van der Waals surface area contributed by atoms with Crippen LogP contribution in [0, 0.1) is 0 Å². The van der Waals surface area contributed by atoms with Gasteiger partial charge in [0.05, 0.1) is 5.75 Å². The molecule has 0 saturated carbocycles. The highest BCUT2D eigenvalue weighted by atomic mass is 35.5. The predicted molar refractivity (Wildman–Crippen MR) is 90.1 cm³/mol. The Morgan fingerprint density at radius 1 is 1.41 bits per heavy atom. The summed E-state index contributed by atoms with van der Waals surface area (Å²) in [4.78, 5) is 11.6. The molecule has 0 atom stereocenters. The summed E-state index contributed by atoms with van der Waals surface area (Å²) >= 11 is 7.27. The third-order valence-electron chi connectivity index (χ3n) is 2.91. The number of thioether (sulfide) groups is 1. The number of carbonyl (C=O) groups is 1. The maximum Gasteiger partial charge on any atom is 0.230 e. The standard InChI is InChI=1S/C15H17ClN4OS/c1-3-9-17-13(21)10-22-15-19-18-14(20(15)4-2)11-5-7-12(16)8-6-11/h3,5-8H,1,4,9-10H2,2H3,(H,17,21). The molecule has 0 unspecified atom stereocenters. The van der Waals surface area contributed by atoms with Crippen LogP contribution in [0.4, 0.5) is 0 Å². The van der Waals surface area contributed by atoms with Crippen molar-refractivity contribution in [3.05, 3.63) is 41.9 Å². The first-order valence-electron chi connectivity index (χ1n) is 6.85. The highest BCUT2D eigenvalue weighted by Crippen LogP contribution is 2.24. The van der Waals surface area contributed by atoms with Gasteiger partial charge in [-0.15, -0.1) is 16.8 Å². The monoisotopic (exact) mass is 336 g/mol. The quantitative estimate of drug-likeness (QED) is 0.623. The second kappa shape index (κ2) is 8.00. The summed E-state index contributed by atoms with van der Waals surface area (Å²) in [6.45, 7) is 6.77. The van der Waals surface area contributed by atoms with E-state index < -0.39 is 0 Å². The van der Waals surface area contributed by atoms with Gasteiger partial charge in [-0.05, 0) is 31.2 Å². The Morgan fingerprint density at radius 2 is 2.14 bits per heavy atom. The molecule has 0 aliphatic carbocycles. The van der Waals surface area contributed by atoms with Gasteiger partial charge < -0.3 is 9.88 Å². The molecule has 7 heteroatoms. The van der Waals surface area contributed by atoms with Gasteiger partial charge in [0.15, 0.2) is 11.0 Å². The number of hydrogen-bond donors (Lipinski definition) is 1. The second-order valence-corrected chi connectivity index (χ2v) is 5.82. The van der Waals surface area contributed by atoms with Crippen LogP contribution in [0.25, 0.3) is 11.4 Å². The summed E-state index contributed by atoms with van der Waals surface area (Å²) in [7, 11) is 0. The average molecular weight is 337 g/mol. The molecule has 0 radical (unpaired) electrons. The average Bonchev–Trinajstić information content (AvgIpc) is 2.94. The summed E-state index contributed by atoms with van der Waals surface area (Å²) in [5.74, 6) is 1.02. The summed E-state index contributed by atoms with van der Waals surface area (Å²) < 4.78 is 1.98. The van der Waals surface area contributed by atoms with Gasteiger partial charge >= 0.3 is 0 Å². The van der Waals surface area contributed by atoms with E-state index in [1.165, 1.54) is 11.8 Å². The molecular formula is C15H17ClN4OS. The summed E-state index contributed by atoms with van der Waals surface area (Å²) in [6.07, 6.45) is 1.65. The zero-order valence-electron chi connectivity index (χ0n) is 12.3. The number of halogens is 1. The molecule has 22 heavy (non-hydrogen) atoms. The van der Waals surface area contributed by atoms with E-state index in [1.54, 1.807) is 6.08 Å². The number of benzene rings is 1. The van der Waals surface area contributed by atoms with Crippen molar-refractivity contribution >= 4 is 29.3 Å². The smallest absolute Gasteiger partial charge is 0.230 e. The Labute approximate surface area is 138 Å². The number of hydrogen-bond acceptors (Lipinski definition) is 4. The van der Waals surface area contributed by atoms with Gasteiger partial charge in [-0.1, -0.05) is 29.4 Å². The fourth-order valence-electron chi connectivity index (χ4n) is 1.86. The summed E-state index contributed by atoms with van der Waals surface area (Å²) in [6, 6.07) is 7.45. The van der Waals surface area contributed by atoms with Crippen LogP contribution in [0.2, 0.25) is 5.02 Å². The Morgan fingerprint density at radius 3 is 2.77 bits per heavy atom. The molecule has 0 aliphatic rings. The van der Waals surface area contributed by atoms with Crippen molar-refractivity contribution in [3.8, 4) is 11.4 Å². The van der Waals surface area contributed by atoms with Crippen LogP contribution in [0.5, 0.6) is 0 Å². The van der Waals surface area contributed by atoms with E-state index >= 15 is 0 Å². The summed E-state index contributed by atoms with van der Waals surface area (Å²) in [5.41, 5.74) is 0.946. The molecule has 1 heterocycles. The number of nitrogens with one attached hydrogen (secondary N) is 1. The van der Waals surface area contributed by atoms with Crippen LogP contribution >= 0.6 is 23.4 Å². The minimum absolute atomic E-state index is 0.0522. The fourth-order valence-corrected chi connectivity index (χ4v) is 2.82. The molecule has 0 aliphatic heterocycles. The Bertz CT molecular complexity index is 654. The zero-order valence-corrected chi connectivity index (χ0v) is 13.8. The van der Waals surface area contributed by atoms with E-state index in [4.69, 9.17) is 11.6 Å². The number of carbonyl (C=O) groups excluding carboxylic acids is 1. The highest BCUT2D eigenvalue weighted by Gasteiger charge is 2.14. The first-order chi connectivity index (χ1) is 10.7. The SMILES string of the molecule is C=CCNC(=O)CSc1nnc(-c2ccc(Cl)cc2)n1CC. The first kappa shape index (κ1) is 16.6. The van der Waals surface area contributed by atoms with Gasteiger partial charge in [0.2, 0.25) is 5.91 Å². The van der Waals surface area contributed by atoms with Crippen molar-refractivity contribution < 1.29 is 4.79 Å². The van der Waals surface area contributed by atoms with Crippen LogP contribution in [-0.2, 0) is 11.3 Å². The molecule has 116 valence electrons. The Balaban J connectivity index is 2.12. The van der Waals surface area contributed by atoms with Crippen molar-refractivity contribution in [2.24, 2.45) is 0 Å². The molecule has 1 aromatic carbocycles. The van der Waals surface area contributed by atoms with Crippen molar-refractivity contribution in [1.82, 2.24) is 20.1 Å². The lowest BCUT2D eigenvalue weighted by molar-refractivity contribution is -0.118. The van der Waals surface area contributed by atoms with Crippen molar-refractivity contribution in [2.45, 2.75) is 18.6 Å².